The highest BCUT2D eigenvalue weighted by Crippen LogP contribution is 2.42. The molecular weight excluding hydrogens is 531 g/mol. The van der Waals surface area contributed by atoms with E-state index in [0.29, 0.717) is 18.8 Å². The molecule has 0 spiro atoms. The third-order valence-electron chi connectivity index (χ3n) is 6.33. The van der Waals surface area contributed by atoms with Crippen molar-refractivity contribution in [3.05, 3.63) is 33.5 Å². The van der Waals surface area contributed by atoms with Gasteiger partial charge in [-0.25, -0.2) is 19.7 Å². The Kier molecular flexibility index (Phi) is 7.95. The lowest BCUT2D eigenvalue weighted by Crippen LogP contribution is -2.58. The van der Waals surface area contributed by atoms with Crippen LogP contribution in [-0.4, -0.2) is 74.6 Å². The van der Waals surface area contributed by atoms with Crippen LogP contribution in [0, 0.1) is 0 Å². The van der Waals surface area contributed by atoms with Crippen molar-refractivity contribution in [2.45, 2.75) is 71.9 Å². The first kappa shape index (κ1) is 28.2. The van der Waals surface area contributed by atoms with Gasteiger partial charge >= 0.3 is 6.09 Å². The highest BCUT2D eigenvalue weighted by Gasteiger charge is 2.40. The molecule has 0 radical (unpaired) electrons. The van der Waals surface area contributed by atoms with Crippen LogP contribution >= 0.6 is 23.2 Å². The van der Waals surface area contributed by atoms with E-state index in [1.54, 1.807) is 16.1 Å². The maximum Gasteiger partial charge on any atom is 0.410 e. The molecule has 2 aromatic rings. The SMILES string of the molecule is CC(C)c1ncnc(C(C)C)c1Nc1nc(Cl)c(Cl)c2c1C(=O)N1CCN(C(=O)OC(C)(C)C)C[C@@H]1CO2. The number of hydrogen-bond acceptors (Lipinski definition) is 8. The second kappa shape index (κ2) is 10.7. The van der Waals surface area contributed by atoms with Crippen molar-refractivity contribution in [1.29, 1.82) is 0 Å². The number of amides is 2. The standard InChI is InChI=1S/C26H34Cl2N6O4/c1-13(2)18-20(19(14(3)4)30-12-29-18)31-23-16-21(17(27)22(28)32-23)37-11-15-10-33(8-9-34(15)24(16)35)25(36)38-26(5,6)7/h12-15H,8-11H2,1-7H3,(H,31,32)/t15-/m1/s1. The molecule has 0 bridgehead atoms. The van der Waals surface area contributed by atoms with Gasteiger partial charge in [-0.3, -0.25) is 4.79 Å². The van der Waals surface area contributed by atoms with E-state index < -0.39 is 17.7 Å². The van der Waals surface area contributed by atoms with Gasteiger partial charge in [-0.1, -0.05) is 50.9 Å². The molecule has 0 aliphatic carbocycles. The van der Waals surface area contributed by atoms with Crippen LogP contribution in [0.2, 0.25) is 10.2 Å². The fourth-order valence-corrected chi connectivity index (χ4v) is 4.92. The number of rotatable bonds is 4. The van der Waals surface area contributed by atoms with E-state index in [0.717, 1.165) is 11.4 Å². The first-order valence-electron chi connectivity index (χ1n) is 12.7. The molecule has 1 atom stereocenters. The minimum Gasteiger partial charge on any atom is -0.489 e. The normalized spacial score (nSPS) is 17.7. The molecule has 4 rings (SSSR count). The molecule has 1 N–H and O–H groups in total. The van der Waals surface area contributed by atoms with Crippen molar-refractivity contribution in [1.82, 2.24) is 24.8 Å². The summed E-state index contributed by atoms with van der Waals surface area (Å²) in [6, 6.07) is -0.406. The monoisotopic (exact) mass is 564 g/mol. The van der Waals surface area contributed by atoms with Crippen molar-refractivity contribution in [3.8, 4) is 5.75 Å². The van der Waals surface area contributed by atoms with Gasteiger partial charge in [0.1, 0.15) is 34.9 Å². The van der Waals surface area contributed by atoms with Crippen LogP contribution < -0.4 is 10.1 Å². The second-order valence-electron chi connectivity index (χ2n) is 11.1. The van der Waals surface area contributed by atoms with Gasteiger partial charge in [-0.2, -0.15) is 0 Å². The summed E-state index contributed by atoms with van der Waals surface area (Å²) in [7, 11) is 0. The Labute approximate surface area is 233 Å². The number of aromatic nitrogens is 3. The zero-order valence-electron chi connectivity index (χ0n) is 22.8. The number of anilines is 2. The predicted octanol–water partition coefficient (Wildman–Crippen LogP) is 5.62. The minimum atomic E-state index is -0.623. The maximum absolute atomic E-state index is 14.0. The first-order valence-corrected chi connectivity index (χ1v) is 13.5. The Balaban J connectivity index is 1.72. The number of carbonyl (C=O) groups is 2. The first-order chi connectivity index (χ1) is 17.8. The summed E-state index contributed by atoms with van der Waals surface area (Å²) >= 11 is 12.9. The molecule has 38 heavy (non-hydrogen) atoms. The van der Waals surface area contributed by atoms with Gasteiger partial charge in [-0.05, 0) is 32.6 Å². The van der Waals surface area contributed by atoms with Gasteiger partial charge in [0.25, 0.3) is 5.91 Å². The summed E-state index contributed by atoms with van der Waals surface area (Å²) < 4.78 is 11.6. The van der Waals surface area contributed by atoms with E-state index in [2.05, 4.69) is 20.3 Å². The van der Waals surface area contributed by atoms with Crippen LogP contribution in [0.4, 0.5) is 16.3 Å². The van der Waals surface area contributed by atoms with Crippen molar-refractivity contribution < 1.29 is 19.1 Å². The van der Waals surface area contributed by atoms with E-state index in [-0.39, 0.29) is 58.2 Å². The van der Waals surface area contributed by atoms with Gasteiger partial charge in [0.2, 0.25) is 0 Å². The fraction of sp³-hybridized carbons (Fsp3) is 0.577. The lowest BCUT2D eigenvalue weighted by Gasteiger charge is -2.40. The molecule has 2 amide bonds. The summed E-state index contributed by atoms with van der Waals surface area (Å²) in [4.78, 5) is 43.4. The van der Waals surface area contributed by atoms with Gasteiger partial charge in [0, 0.05) is 19.6 Å². The van der Waals surface area contributed by atoms with Crippen LogP contribution in [-0.2, 0) is 4.74 Å². The molecule has 2 aliphatic rings. The molecular formula is C26H34Cl2N6O4. The summed E-state index contributed by atoms with van der Waals surface area (Å²) in [5.74, 6) is 0.224. The number of fused-ring (bicyclic) bond motifs is 2. The van der Waals surface area contributed by atoms with Gasteiger partial charge in [0.15, 0.2) is 10.9 Å². The molecule has 0 saturated carbocycles. The molecule has 1 fully saturated rings. The lowest BCUT2D eigenvalue weighted by molar-refractivity contribution is 0.000958. The Hall–Kier alpha value is -2.85. The van der Waals surface area contributed by atoms with E-state index in [1.165, 1.54) is 0 Å². The van der Waals surface area contributed by atoms with E-state index in [4.69, 9.17) is 32.7 Å². The van der Waals surface area contributed by atoms with Gasteiger partial charge < -0.3 is 24.6 Å². The molecule has 0 unspecified atom stereocenters. The van der Waals surface area contributed by atoms with Crippen molar-refractivity contribution >= 4 is 46.7 Å². The number of nitrogens with zero attached hydrogens (tertiary/aromatic N) is 5. The number of piperazine rings is 1. The van der Waals surface area contributed by atoms with Crippen molar-refractivity contribution in [2.75, 3.05) is 31.6 Å². The van der Waals surface area contributed by atoms with Crippen LogP contribution in [0.5, 0.6) is 5.75 Å². The summed E-state index contributed by atoms with van der Waals surface area (Å²) in [6.07, 6.45) is 1.12. The number of carbonyl (C=O) groups excluding carboxylic acids is 2. The third-order valence-corrected chi connectivity index (χ3v) is 7.05. The Bertz CT molecular complexity index is 1220. The fourth-order valence-electron chi connectivity index (χ4n) is 4.55. The molecule has 0 aromatic carbocycles. The van der Waals surface area contributed by atoms with Crippen molar-refractivity contribution in [3.63, 3.8) is 0 Å². The largest absolute Gasteiger partial charge is 0.489 e. The lowest BCUT2D eigenvalue weighted by atomic mass is 10.0. The van der Waals surface area contributed by atoms with Crippen LogP contribution in [0.15, 0.2) is 6.33 Å². The molecule has 12 heteroatoms. The van der Waals surface area contributed by atoms with Crippen molar-refractivity contribution in [2.24, 2.45) is 0 Å². The highest BCUT2D eigenvalue weighted by atomic mass is 35.5. The molecule has 206 valence electrons. The second-order valence-corrected chi connectivity index (χ2v) is 11.8. The summed E-state index contributed by atoms with van der Waals surface area (Å²) in [6.45, 7) is 14.6. The molecule has 10 nitrogen and oxygen atoms in total. The molecule has 2 aromatic heterocycles. The Morgan fingerprint density at radius 3 is 2.34 bits per heavy atom. The molecule has 2 aliphatic heterocycles. The zero-order chi connectivity index (χ0) is 27.9. The average molecular weight is 566 g/mol. The smallest absolute Gasteiger partial charge is 0.410 e. The van der Waals surface area contributed by atoms with E-state index in [9.17, 15) is 9.59 Å². The third kappa shape index (κ3) is 5.61. The number of pyridine rings is 1. The van der Waals surface area contributed by atoms with E-state index in [1.807, 2.05) is 48.5 Å². The van der Waals surface area contributed by atoms with Gasteiger partial charge in [0.05, 0.1) is 23.1 Å². The molecule has 4 heterocycles. The topological polar surface area (TPSA) is 110 Å². The Morgan fingerprint density at radius 2 is 1.76 bits per heavy atom. The maximum atomic E-state index is 14.0. The number of nitrogens with one attached hydrogen (secondary N) is 1. The highest BCUT2D eigenvalue weighted by molar-refractivity contribution is 6.42. The summed E-state index contributed by atoms with van der Waals surface area (Å²) in [5.41, 5.74) is 1.81. The van der Waals surface area contributed by atoms with Crippen LogP contribution in [0.3, 0.4) is 0 Å². The summed E-state index contributed by atoms with van der Waals surface area (Å²) in [5, 5.41) is 3.38. The number of ether oxygens (including phenoxy) is 2. The van der Waals surface area contributed by atoms with Gasteiger partial charge in [-0.15, -0.1) is 0 Å². The average Bonchev–Trinajstić information content (AvgIpc) is 2.97. The number of hydrogen-bond donors (Lipinski definition) is 1. The molecule has 1 saturated heterocycles. The quantitative estimate of drug-likeness (QED) is 0.476. The van der Waals surface area contributed by atoms with Crippen LogP contribution in [0.25, 0.3) is 0 Å². The van der Waals surface area contributed by atoms with E-state index >= 15 is 0 Å². The minimum absolute atomic E-state index is 0.00464. The Morgan fingerprint density at radius 1 is 1.13 bits per heavy atom. The predicted molar refractivity (Wildman–Crippen MR) is 146 cm³/mol. The zero-order valence-corrected chi connectivity index (χ0v) is 24.3. The van der Waals surface area contributed by atoms with Crippen LogP contribution in [0.1, 0.15) is 82.0 Å². The number of halogens is 2.